The van der Waals surface area contributed by atoms with Crippen molar-refractivity contribution in [3.05, 3.63) is 44.6 Å². The molecule has 2 rings (SSSR count). The standard InChI is InChI=1S/C13H15BrN2O2S2/c1-9-5-10(3-4-13(9)14)16-20(17,18)12-6-11(7-15-2)19-8-12/h3-6,8,15-16H,7H2,1-2H3. The molecule has 0 saturated heterocycles. The molecule has 1 aromatic carbocycles. The summed E-state index contributed by atoms with van der Waals surface area (Å²) in [6.07, 6.45) is 0. The van der Waals surface area contributed by atoms with E-state index in [0.29, 0.717) is 17.1 Å². The predicted molar refractivity (Wildman–Crippen MR) is 86.8 cm³/mol. The van der Waals surface area contributed by atoms with Crippen molar-refractivity contribution in [1.29, 1.82) is 0 Å². The van der Waals surface area contributed by atoms with E-state index in [-0.39, 0.29) is 0 Å². The highest BCUT2D eigenvalue weighted by Crippen LogP contribution is 2.24. The molecule has 108 valence electrons. The van der Waals surface area contributed by atoms with Crippen LogP contribution in [-0.4, -0.2) is 15.5 Å². The summed E-state index contributed by atoms with van der Waals surface area (Å²) in [6, 6.07) is 7.04. The van der Waals surface area contributed by atoms with Gasteiger partial charge in [0.15, 0.2) is 0 Å². The first-order valence-corrected chi connectivity index (χ1v) is 9.09. The number of anilines is 1. The SMILES string of the molecule is CNCc1cc(S(=O)(=O)Nc2ccc(Br)c(C)c2)cs1. The monoisotopic (exact) mass is 374 g/mol. The van der Waals surface area contributed by atoms with Gasteiger partial charge in [0.25, 0.3) is 10.0 Å². The number of hydrogen-bond donors (Lipinski definition) is 2. The van der Waals surface area contributed by atoms with Gasteiger partial charge >= 0.3 is 0 Å². The Hall–Kier alpha value is -0.890. The van der Waals surface area contributed by atoms with Crippen LogP contribution < -0.4 is 10.0 Å². The number of sulfonamides is 1. The minimum absolute atomic E-state index is 0.299. The fourth-order valence-corrected chi connectivity index (χ4v) is 4.27. The third-order valence-corrected chi connectivity index (χ3v) is 6.04. The second kappa shape index (κ2) is 6.26. The summed E-state index contributed by atoms with van der Waals surface area (Å²) in [6.45, 7) is 2.58. The highest BCUT2D eigenvalue weighted by Gasteiger charge is 2.16. The Labute approximate surface area is 131 Å². The molecule has 0 radical (unpaired) electrons. The number of hydrogen-bond acceptors (Lipinski definition) is 4. The van der Waals surface area contributed by atoms with E-state index in [1.807, 2.05) is 20.0 Å². The third-order valence-electron chi connectivity index (χ3n) is 2.70. The van der Waals surface area contributed by atoms with Gasteiger partial charge in [-0.2, -0.15) is 0 Å². The van der Waals surface area contributed by atoms with Crippen molar-refractivity contribution in [2.24, 2.45) is 0 Å². The molecule has 1 heterocycles. The maximum absolute atomic E-state index is 12.3. The molecule has 0 atom stereocenters. The molecular weight excluding hydrogens is 360 g/mol. The van der Waals surface area contributed by atoms with Gasteiger partial charge in [-0.25, -0.2) is 8.42 Å². The molecule has 0 aliphatic heterocycles. The predicted octanol–water partition coefficient (Wildman–Crippen LogP) is 3.34. The van der Waals surface area contributed by atoms with Gasteiger partial charge in [-0.3, -0.25) is 4.72 Å². The van der Waals surface area contributed by atoms with Crippen LogP contribution in [0, 0.1) is 6.92 Å². The molecule has 0 amide bonds. The molecule has 0 bridgehead atoms. The average Bonchev–Trinajstić information content (AvgIpc) is 2.83. The van der Waals surface area contributed by atoms with Crippen LogP contribution in [-0.2, 0) is 16.6 Å². The Morgan fingerprint density at radius 1 is 1.30 bits per heavy atom. The fourth-order valence-electron chi connectivity index (χ4n) is 1.69. The molecule has 0 fully saturated rings. The molecule has 1 aromatic heterocycles. The minimum atomic E-state index is -3.52. The molecule has 0 aliphatic rings. The van der Waals surface area contributed by atoms with E-state index < -0.39 is 10.0 Å². The number of thiophene rings is 1. The Balaban J connectivity index is 2.23. The lowest BCUT2D eigenvalue weighted by atomic mass is 10.2. The van der Waals surface area contributed by atoms with E-state index in [9.17, 15) is 8.42 Å². The van der Waals surface area contributed by atoms with Gasteiger partial charge in [0.2, 0.25) is 0 Å². The summed E-state index contributed by atoms with van der Waals surface area (Å²) in [4.78, 5) is 1.29. The summed E-state index contributed by atoms with van der Waals surface area (Å²) in [7, 11) is -1.69. The van der Waals surface area contributed by atoms with Crippen LogP contribution in [0.1, 0.15) is 10.4 Å². The topological polar surface area (TPSA) is 58.2 Å². The molecule has 0 aliphatic carbocycles. The lowest BCUT2D eigenvalue weighted by Crippen LogP contribution is -2.12. The molecule has 2 N–H and O–H groups in total. The van der Waals surface area contributed by atoms with E-state index in [1.54, 1.807) is 23.6 Å². The van der Waals surface area contributed by atoms with Crippen molar-refractivity contribution in [3.8, 4) is 0 Å². The van der Waals surface area contributed by atoms with E-state index in [0.717, 1.165) is 14.9 Å². The number of halogens is 1. The minimum Gasteiger partial charge on any atom is -0.315 e. The normalized spacial score (nSPS) is 11.6. The second-order valence-corrected chi connectivity index (χ2v) is 7.88. The van der Waals surface area contributed by atoms with Crippen LogP contribution in [0.4, 0.5) is 5.69 Å². The summed E-state index contributed by atoms with van der Waals surface area (Å²) >= 11 is 4.82. The van der Waals surface area contributed by atoms with Gasteiger partial charge in [0.1, 0.15) is 0 Å². The van der Waals surface area contributed by atoms with Crippen LogP contribution in [0.15, 0.2) is 39.0 Å². The molecule has 7 heteroatoms. The summed E-state index contributed by atoms with van der Waals surface area (Å²) in [5, 5.41) is 4.66. The molecule has 0 spiro atoms. The Morgan fingerprint density at radius 2 is 2.05 bits per heavy atom. The van der Waals surface area contributed by atoms with Crippen LogP contribution >= 0.6 is 27.3 Å². The highest BCUT2D eigenvalue weighted by molar-refractivity contribution is 9.10. The van der Waals surface area contributed by atoms with Crippen molar-refractivity contribution in [2.45, 2.75) is 18.4 Å². The van der Waals surface area contributed by atoms with Crippen LogP contribution in [0.5, 0.6) is 0 Å². The molecule has 0 saturated carbocycles. The molecule has 0 unspecified atom stereocenters. The first kappa shape index (κ1) is 15.5. The lowest BCUT2D eigenvalue weighted by molar-refractivity contribution is 0.601. The molecular formula is C13H15BrN2O2S2. The highest BCUT2D eigenvalue weighted by atomic mass is 79.9. The number of aryl methyl sites for hydroxylation is 1. The zero-order valence-electron chi connectivity index (χ0n) is 11.1. The van der Waals surface area contributed by atoms with Crippen molar-refractivity contribution in [3.63, 3.8) is 0 Å². The third kappa shape index (κ3) is 3.60. The van der Waals surface area contributed by atoms with Gasteiger partial charge in [0, 0.05) is 27.0 Å². The molecule has 20 heavy (non-hydrogen) atoms. The van der Waals surface area contributed by atoms with E-state index in [1.165, 1.54) is 11.3 Å². The van der Waals surface area contributed by atoms with Gasteiger partial charge < -0.3 is 5.32 Å². The average molecular weight is 375 g/mol. The quantitative estimate of drug-likeness (QED) is 0.843. The number of benzene rings is 1. The Morgan fingerprint density at radius 3 is 2.70 bits per heavy atom. The maximum atomic E-state index is 12.3. The summed E-state index contributed by atoms with van der Waals surface area (Å²) in [5.74, 6) is 0. The van der Waals surface area contributed by atoms with Crippen molar-refractivity contribution in [1.82, 2.24) is 5.32 Å². The second-order valence-electron chi connectivity index (χ2n) is 4.35. The first-order chi connectivity index (χ1) is 9.42. The zero-order chi connectivity index (χ0) is 14.8. The summed E-state index contributed by atoms with van der Waals surface area (Å²) in [5.41, 5.74) is 1.54. The Bertz CT molecular complexity index is 711. The van der Waals surface area contributed by atoms with Gasteiger partial charge in [-0.05, 0) is 43.8 Å². The first-order valence-electron chi connectivity index (χ1n) is 5.93. The van der Waals surface area contributed by atoms with Crippen molar-refractivity contribution in [2.75, 3.05) is 11.8 Å². The lowest BCUT2D eigenvalue weighted by Gasteiger charge is -2.08. The number of rotatable bonds is 5. The summed E-state index contributed by atoms with van der Waals surface area (Å²) < 4.78 is 28.1. The largest absolute Gasteiger partial charge is 0.315 e. The molecule has 4 nitrogen and oxygen atoms in total. The maximum Gasteiger partial charge on any atom is 0.262 e. The van der Waals surface area contributed by atoms with Crippen molar-refractivity contribution < 1.29 is 8.42 Å². The van der Waals surface area contributed by atoms with Gasteiger partial charge in [0.05, 0.1) is 4.90 Å². The van der Waals surface area contributed by atoms with E-state index >= 15 is 0 Å². The Kier molecular flexibility index (Phi) is 4.85. The number of nitrogens with one attached hydrogen (secondary N) is 2. The zero-order valence-corrected chi connectivity index (χ0v) is 14.3. The van der Waals surface area contributed by atoms with Crippen molar-refractivity contribution >= 4 is 43.0 Å². The van der Waals surface area contributed by atoms with Gasteiger partial charge in [-0.15, -0.1) is 11.3 Å². The van der Waals surface area contributed by atoms with E-state index in [4.69, 9.17) is 0 Å². The van der Waals surface area contributed by atoms with Crippen LogP contribution in [0.2, 0.25) is 0 Å². The van der Waals surface area contributed by atoms with E-state index in [2.05, 4.69) is 26.0 Å². The smallest absolute Gasteiger partial charge is 0.262 e. The van der Waals surface area contributed by atoms with Crippen LogP contribution in [0.3, 0.4) is 0 Å². The molecule has 2 aromatic rings. The van der Waals surface area contributed by atoms with Crippen LogP contribution in [0.25, 0.3) is 0 Å². The van der Waals surface area contributed by atoms with Gasteiger partial charge in [-0.1, -0.05) is 15.9 Å². The fraction of sp³-hybridized carbons (Fsp3) is 0.231.